The zero-order chi connectivity index (χ0) is 18.5. The van der Waals surface area contributed by atoms with E-state index in [0.29, 0.717) is 12.2 Å². The molecule has 0 saturated heterocycles. The van der Waals surface area contributed by atoms with Crippen LogP contribution >= 0.6 is 11.6 Å². The first-order valence-electron chi connectivity index (χ1n) is 7.75. The SMILES string of the molecule is CCOc1ccc(/C=C(\Cl)c2nnc(-c3cccc([N+](=O)[O-])c3)o2)cc1. The zero-order valence-corrected chi connectivity index (χ0v) is 14.5. The second kappa shape index (κ2) is 7.79. The lowest BCUT2D eigenvalue weighted by molar-refractivity contribution is -0.384. The Bertz CT molecular complexity index is 951. The first-order valence-corrected chi connectivity index (χ1v) is 8.13. The van der Waals surface area contributed by atoms with Crippen LogP contribution in [0.2, 0.25) is 0 Å². The van der Waals surface area contributed by atoms with Gasteiger partial charge < -0.3 is 9.15 Å². The molecule has 7 nitrogen and oxygen atoms in total. The van der Waals surface area contributed by atoms with Gasteiger partial charge in [0.2, 0.25) is 5.89 Å². The molecule has 0 atom stereocenters. The highest BCUT2D eigenvalue weighted by molar-refractivity contribution is 6.50. The second-order valence-electron chi connectivity index (χ2n) is 5.21. The number of nitro benzene ring substituents is 1. The van der Waals surface area contributed by atoms with Gasteiger partial charge >= 0.3 is 0 Å². The Kier molecular flexibility index (Phi) is 5.28. The van der Waals surface area contributed by atoms with Crippen molar-refractivity contribution < 1.29 is 14.1 Å². The quantitative estimate of drug-likeness (QED) is 0.457. The molecule has 26 heavy (non-hydrogen) atoms. The van der Waals surface area contributed by atoms with Gasteiger partial charge in [0.15, 0.2) is 0 Å². The van der Waals surface area contributed by atoms with Crippen LogP contribution < -0.4 is 4.74 Å². The summed E-state index contributed by atoms with van der Waals surface area (Å²) in [6.07, 6.45) is 1.68. The molecule has 132 valence electrons. The fourth-order valence-electron chi connectivity index (χ4n) is 2.22. The van der Waals surface area contributed by atoms with E-state index in [-0.39, 0.29) is 22.5 Å². The van der Waals surface area contributed by atoms with Gasteiger partial charge in [-0.3, -0.25) is 10.1 Å². The van der Waals surface area contributed by atoms with Gasteiger partial charge in [-0.2, -0.15) is 0 Å². The van der Waals surface area contributed by atoms with Crippen molar-refractivity contribution in [3.8, 4) is 17.2 Å². The number of non-ortho nitro benzene ring substituents is 1. The maximum Gasteiger partial charge on any atom is 0.270 e. The zero-order valence-electron chi connectivity index (χ0n) is 13.8. The van der Waals surface area contributed by atoms with Crippen LogP contribution in [0.25, 0.3) is 22.6 Å². The van der Waals surface area contributed by atoms with Crippen LogP contribution in [-0.2, 0) is 0 Å². The lowest BCUT2D eigenvalue weighted by Gasteiger charge is -2.02. The van der Waals surface area contributed by atoms with Gasteiger partial charge in [-0.25, -0.2) is 0 Å². The fourth-order valence-corrected chi connectivity index (χ4v) is 2.43. The third-order valence-electron chi connectivity index (χ3n) is 3.42. The van der Waals surface area contributed by atoms with Crippen molar-refractivity contribution in [3.05, 3.63) is 70.1 Å². The minimum atomic E-state index is -0.487. The van der Waals surface area contributed by atoms with E-state index >= 15 is 0 Å². The van der Waals surface area contributed by atoms with Crippen LogP contribution in [0.1, 0.15) is 18.4 Å². The van der Waals surface area contributed by atoms with Crippen molar-refractivity contribution in [1.29, 1.82) is 0 Å². The minimum Gasteiger partial charge on any atom is -0.494 e. The molecule has 3 aromatic rings. The summed E-state index contributed by atoms with van der Waals surface area (Å²) in [5.74, 6) is 1.05. The number of nitrogens with zero attached hydrogens (tertiary/aromatic N) is 3. The van der Waals surface area contributed by atoms with Crippen LogP contribution in [0, 0.1) is 10.1 Å². The number of aromatic nitrogens is 2. The summed E-state index contributed by atoms with van der Waals surface area (Å²) >= 11 is 6.25. The molecular formula is C18H14ClN3O4. The van der Waals surface area contributed by atoms with Gasteiger partial charge in [0, 0.05) is 17.7 Å². The first kappa shape index (κ1) is 17.6. The maximum absolute atomic E-state index is 10.9. The van der Waals surface area contributed by atoms with Crippen LogP contribution in [0.3, 0.4) is 0 Å². The van der Waals surface area contributed by atoms with Crippen molar-refractivity contribution in [2.75, 3.05) is 6.61 Å². The average molecular weight is 372 g/mol. The summed E-state index contributed by atoms with van der Waals surface area (Å²) in [5, 5.41) is 18.9. The molecule has 3 rings (SSSR count). The molecule has 0 aliphatic carbocycles. The predicted octanol–water partition coefficient (Wildman–Crippen LogP) is 4.78. The van der Waals surface area contributed by atoms with Gasteiger partial charge in [0.05, 0.1) is 11.5 Å². The van der Waals surface area contributed by atoms with Gasteiger partial charge in [0.1, 0.15) is 10.8 Å². The lowest BCUT2D eigenvalue weighted by Crippen LogP contribution is -1.90. The summed E-state index contributed by atoms with van der Waals surface area (Å²) < 4.78 is 10.9. The highest BCUT2D eigenvalue weighted by atomic mass is 35.5. The molecule has 0 radical (unpaired) electrons. The van der Waals surface area contributed by atoms with Crippen LogP contribution in [0.4, 0.5) is 5.69 Å². The Morgan fingerprint density at radius 3 is 2.73 bits per heavy atom. The minimum absolute atomic E-state index is 0.0572. The smallest absolute Gasteiger partial charge is 0.270 e. The van der Waals surface area contributed by atoms with E-state index in [9.17, 15) is 10.1 Å². The molecule has 8 heteroatoms. The van der Waals surface area contributed by atoms with E-state index in [1.54, 1.807) is 18.2 Å². The molecule has 0 N–H and O–H groups in total. The number of halogens is 1. The maximum atomic E-state index is 10.9. The first-order chi connectivity index (χ1) is 12.6. The van der Waals surface area contributed by atoms with Crippen molar-refractivity contribution in [3.63, 3.8) is 0 Å². The highest BCUT2D eigenvalue weighted by Gasteiger charge is 2.14. The fraction of sp³-hybridized carbons (Fsp3) is 0.111. The third-order valence-corrected chi connectivity index (χ3v) is 3.69. The molecule has 0 aliphatic heterocycles. The van der Waals surface area contributed by atoms with E-state index in [4.69, 9.17) is 20.8 Å². The molecule has 0 unspecified atom stereocenters. The molecule has 0 amide bonds. The number of hydrogen-bond donors (Lipinski definition) is 0. The molecule has 1 aromatic heterocycles. The normalized spacial score (nSPS) is 11.4. The van der Waals surface area contributed by atoms with Crippen molar-refractivity contribution in [1.82, 2.24) is 10.2 Å². The molecule has 0 bridgehead atoms. The molecule has 2 aromatic carbocycles. The topological polar surface area (TPSA) is 91.3 Å². The van der Waals surface area contributed by atoms with Crippen LogP contribution in [0.15, 0.2) is 52.9 Å². The Labute approximate surface area is 154 Å². The van der Waals surface area contributed by atoms with E-state index in [1.165, 1.54) is 12.1 Å². The second-order valence-corrected chi connectivity index (χ2v) is 5.62. The van der Waals surface area contributed by atoms with Gasteiger partial charge in [0.25, 0.3) is 11.6 Å². The van der Waals surface area contributed by atoms with E-state index in [2.05, 4.69) is 10.2 Å². The summed E-state index contributed by atoms with van der Waals surface area (Å²) in [5.41, 5.74) is 1.23. The Morgan fingerprint density at radius 1 is 1.27 bits per heavy atom. The Hall–Kier alpha value is -3.19. The van der Waals surface area contributed by atoms with E-state index in [1.807, 2.05) is 31.2 Å². The Balaban J connectivity index is 1.82. The average Bonchev–Trinajstić information content (AvgIpc) is 3.14. The van der Waals surface area contributed by atoms with Crippen molar-refractivity contribution in [2.24, 2.45) is 0 Å². The molecule has 0 spiro atoms. The molecule has 0 aliphatic rings. The van der Waals surface area contributed by atoms with Gasteiger partial charge in [-0.1, -0.05) is 29.8 Å². The summed E-state index contributed by atoms with van der Waals surface area (Å²) in [6.45, 7) is 2.51. The lowest BCUT2D eigenvalue weighted by atomic mass is 10.2. The molecule has 0 fully saturated rings. The van der Waals surface area contributed by atoms with Crippen LogP contribution in [-0.4, -0.2) is 21.7 Å². The van der Waals surface area contributed by atoms with E-state index < -0.39 is 4.92 Å². The number of nitro groups is 1. The number of hydrogen-bond acceptors (Lipinski definition) is 6. The molecule has 0 saturated carbocycles. The number of ether oxygens (including phenoxy) is 1. The monoisotopic (exact) mass is 371 g/mol. The Morgan fingerprint density at radius 2 is 2.04 bits per heavy atom. The van der Waals surface area contributed by atoms with E-state index in [0.717, 1.165) is 11.3 Å². The molecular weight excluding hydrogens is 358 g/mol. The number of rotatable bonds is 6. The largest absolute Gasteiger partial charge is 0.494 e. The van der Waals surface area contributed by atoms with Gasteiger partial charge in [-0.05, 0) is 36.8 Å². The third kappa shape index (κ3) is 4.07. The van der Waals surface area contributed by atoms with Crippen LogP contribution in [0.5, 0.6) is 5.75 Å². The summed E-state index contributed by atoms with van der Waals surface area (Å²) in [4.78, 5) is 10.4. The standard InChI is InChI=1S/C18H14ClN3O4/c1-2-25-15-8-6-12(7-9-15)10-16(19)18-21-20-17(26-18)13-4-3-5-14(11-13)22(23)24/h3-11H,2H2,1H3/b16-10-. The highest BCUT2D eigenvalue weighted by Crippen LogP contribution is 2.27. The summed E-state index contributed by atoms with van der Waals surface area (Å²) in [7, 11) is 0. The molecule has 1 heterocycles. The van der Waals surface area contributed by atoms with Crippen molar-refractivity contribution >= 4 is 28.4 Å². The van der Waals surface area contributed by atoms with Gasteiger partial charge in [-0.15, -0.1) is 10.2 Å². The predicted molar refractivity (Wildman–Crippen MR) is 97.7 cm³/mol. The number of benzene rings is 2. The summed E-state index contributed by atoms with van der Waals surface area (Å²) in [6, 6.07) is 13.3. The van der Waals surface area contributed by atoms with Crippen molar-refractivity contribution in [2.45, 2.75) is 6.92 Å².